The van der Waals surface area contributed by atoms with Crippen molar-refractivity contribution in [3.8, 4) is 0 Å². The molecule has 0 radical (unpaired) electrons. The first-order chi connectivity index (χ1) is 6.83. The van der Waals surface area contributed by atoms with Crippen molar-refractivity contribution in [3.05, 3.63) is 35.4 Å². The van der Waals surface area contributed by atoms with Gasteiger partial charge >= 0.3 is 0 Å². The van der Waals surface area contributed by atoms with Gasteiger partial charge in [-0.05, 0) is 31.9 Å². The minimum Gasteiger partial charge on any atom is -0.329 e. The molecule has 3 N–H and O–H groups in total. The molecule has 0 bridgehead atoms. The van der Waals surface area contributed by atoms with E-state index in [1.54, 1.807) is 0 Å². The van der Waals surface area contributed by atoms with Gasteiger partial charge in [-0.3, -0.25) is 0 Å². The highest BCUT2D eigenvalue weighted by molar-refractivity contribution is 5.22. The summed E-state index contributed by atoms with van der Waals surface area (Å²) in [4.78, 5) is 0. The highest BCUT2D eigenvalue weighted by atomic mass is 14.9. The van der Waals surface area contributed by atoms with Gasteiger partial charge in [0.1, 0.15) is 0 Å². The van der Waals surface area contributed by atoms with Crippen LogP contribution in [-0.4, -0.2) is 19.6 Å². The molecule has 78 valence electrons. The van der Waals surface area contributed by atoms with E-state index in [-0.39, 0.29) is 0 Å². The zero-order chi connectivity index (χ0) is 10.2. The van der Waals surface area contributed by atoms with E-state index in [0.717, 1.165) is 26.1 Å². The molecule has 0 aromatic heterocycles. The van der Waals surface area contributed by atoms with Crippen LogP contribution in [0, 0.1) is 6.92 Å². The number of aryl methyl sites for hydroxylation is 2. The third kappa shape index (κ3) is 4.40. The lowest BCUT2D eigenvalue weighted by molar-refractivity contribution is 0.653. The fourth-order valence-electron chi connectivity index (χ4n) is 1.51. The molecular weight excluding hydrogens is 172 g/mol. The molecule has 0 aliphatic heterocycles. The van der Waals surface area contributed by atoms with Crippen LogP contribution < -0.4 is 11.1 Å². The Bertz CT molecular complexity index is 258. The van der Waals surface area contributed by atoms with Crippen LogP contribution in [0.3, 0.4) is 0 Å². The Morgan fingerprint density at radius 1 is 1.29 bits per heavy atom. The monoisotopic (exact) mass is 192 g/mol. The molecule has 2 nitrogen and oxygen atoms in total. The maximum absolute atomic E-state index is 5.38. The summed E-state index contributed by atoms with van der Waals surface area (Å²) >= 11 is 0. The molecule has 0 unspecified atom stereocenters. The van der Waals surface area contributed by atoms with Crippen molar-refractivity contribution in [2.45, 2.75) is 19.8 Å². The summed E-state index contributed by atoms with van der Waals surface area (Å²) in [6, 6.07) is 8.70. The lowest BCUT2D eigenvalue weighted by atomic mass is 10.1. The Morgan fingerprint density at radius 2 is 2.14 bits per heavy atom. The Morgan fingerprint density at radius 3 is 2.86 bits per heavy atom. The summed E-state index contributed by atoms with van der Waals surface area (Å²) < 4.78 is 0. The number of benzene rings is 1. The fourth-order valence-corrected chi connectivity index (χ4v) is 1.51. The zero-order valence-electron chi connectivity index (χ0n) is 8.92. The van der Waals surface area contributed by atoms with Gasteiger partial charge in [0.2, 0.25) is 0 Å². The Kier molecular flexibility index (Phi) is 5.27. The normalized spacial score (nSPS) is 10.4. The summed E-state index contributed by atoms with van der Waals surface area (Å²) in [5.41, 5.74) is 8.15. The standard InChI is InChI=1S/C12H20N2/c1-11-4-2-5-12(10-11)6-3-8-14-9-7-13/h2,4-5,10,14H,3,6-9,13H2,1H3. The fraction of sp³-hybridized carbons (Fsp3) is 0.500. The van der Waals surface area contributed by atoms with Crippen LogP contribution in [0.2, 0.25) is 0 Å². The summed E-state index contributed by atoms with van der Waals surface area (Å²) in [7, 11) is 0. The minimum absolute atomic E-state index is 0.727. The molecule has 0 saturated carbocycles. The van der Waals surface area contributed by atoms with Crippen molar-refractivity contribution in [2.75, 3.05) is 19.6 Å². The number of nitrogens with two attached hydrogens (primary N) is 1. The molecule has 14 heavy (non-hydrogen) atoms. The second kappa shape index (κ2) is 6.57. The SMILES string of the molecule is Cc1cccc(CCCNCCN)c1. The molecule has 2 heteroatoms. The Balaban J connectivity index is 2.18. The van der Waals surface area contributed by atoms with Crippen LogP contribution in [0.1, 0.15) is 17.5 Å². The highest BCUT2D eigenvalue weighted by Gasteiger charge is 1.93. The van der Waals surface area contributed by atoms with Crippen LogP contribution in [0.5, 0.6) is 0 Å². The van der Waals surface area contributed by atoms with Crippen LogP contribution in [0.4, 0.5) is 0 Å². The maximum Gasteiger partial charge on any atom is 0.00745 e. The van der Waals surface area contributed by atoms with Crippen molar-refractivity contribution in [1.82, 2.24) is 5.32 Å². The minimum atomic E-state index is 0.727. The summed E-state index contributed by atoms with van der Waals surface area (Å²) in [6.07, 6.45) is 2.34. The van der Waals surface area contributed by atoms with Gasteiger partial charge in [-0.15, -0.1) is 0 Å². The maximum atomic E-state index is 5.38. The van der Waals surface area contributed by atoms with E-state index >= 15 is 0 Å². The largest absolute Gasteiger partial charge is 0.329 e. The van der Waals surface area contributed by atoms with Crippen molar-refractivity contribution in [3.63, 3.8) is 0 Å². The van der Waals surface area contributed by atoms with Crippen LogP contribution in [0.15, 0.2) is 24.3 Å². The molecule has 1 aromatic carbocycles. The first-order valence-corrected chi connectivity index (χ1v) is 5.29. The Hall–Kier alpha value is -0.860. The second-order valence-corrected chi connectivity index (χ2v) is 3.63. The van der Waals surface area contributed by atoms with Gasteiger partial charge in [-0.25, -0.2) is 0 Å². The summed E-state index contributed by atoms with van der Waals surface area (Å²) in [5, 5.41) is 3.29. The molecular formula is C12H20N2. The van der Waals surface area contributed by atoms with Gasteiger partial charge in [0.25, 0.3) is 0 Å². The predicted molar refractivity (Wildman–Crippen MR) is 61.4 cm³/mol. The Labute approximate surface area is 86.5 Å². The smallest absolute Gasteiger partial charge is 0.00745 e. The van der Waals surface area contributed by atoms with E-state index < -0.39 is 0 Å². The van der Waals surface area contributed by atoms with Gasteiger partial charge in [0.15, 0.2) is 0 Å². The average Bonchev–Trinajstić information content (AvgIpc) is 2.18. The van der Waals surface area contributed by atoms with Crippen LogP contribution in [-0.2, 0) is 6.42 Å². The van der Waals surface area contributed by atoms with Crippen molar-refractivity contribution in [1.29, 1.82) is 0 Å². The molecule has 0 aliphatic carbocycles. The lowest BCUT2D eigenvalue weighted by Crippen LogP contribution is -2.23. The first kappa shape index (κ1) is 11.2. The third-order valence-electron chi connectivity index (χ3n) is 2.22. The molecule has 0 heterocycles. The molecule has 0 spiro atoms. The zero-order valence-corrected chi connectivity index (χ0v) is 8.92. The first-order valence-electron chi connectivity index (χ1n) is 5.29. The van der Waals surface area contributed by atoms with Gasteiger partial charge in [-0.1, -0.05) is 29.8 Å². The number of hydrogen-bond donors (Lipinski definition) is 2. The van der Waals surface area contributed by atoms with E-state index in [4.69, 9.17) is 5.73 Å². The third-order valence-corrected chi connectivity index (χ3v) is 2.22. The summed E-state index contributed by atoms with van der Waals surface area (Å²) in [6.45, 7) is 4.85. The molecule has 0 amide bonds. The number of hydrogen-bond acceptors (Lipinski definition) is 2. The molecule has 1 aromatic rings. The van der Waals surface area contributed by atoms with Gasteiger partial charge < -0.3 is 11.1 Å². The molecule has 0 fully saturated rings. The predicted octanol–water partition coefficient (Wildman–Crippen LogP) is 1.48. The van der Waals surface area contributed by atoms with E-state index in [2.05, 4.69) is 36.5 Å². The number of rotatable bonds is 6. The summed E-state index contributed by atoms with van der Waals surface area (Å²) in [5.74, 6) is 0. The van der Waals surface area contributed by atoms with Crippen LogP contribution in [0.25, 0.3) is 0 Å². The topological polar surface area (TPSA) is 38.0 Å². The van der Waals surface area contributed by atoms with E-state index in [9.17, 15) is 0 Å². The lowest BCUT2D eigenvalue weighted by Gasteiger charge is -2.03. The molecule has 0 aliphatic rings. The van der Waals surface area contributed by atoms with Crippen molar-refractivity contribution in [2.24, 2.45) is 5.73 Å². The second-order valence-electron chi connectivity index (χ2n) is 3.63. The van der Waals surface area contributed by atoms with Crippen LogP contribution >= 0.6 is 0 Å². The van der Waals surface area contributed by atoms with Crippen molar-refractivity contribution >= 4 is 0 Å². The average molecular weight is 192 g/mol. The molecule has 0 saturated heterocycles. The van der Waals surface area contributed by atoms with Gasteiger partial charge in [0.05, 0.1) is 0 Å². The van der Waals surface area contributed by atoms with E-state index in [1.165, 1.54) is 17.5 Å². The van der Waals surface area contributed by atoms with Gasteiger partial charge in [-0.2, -0.15) is 0 Å². The molecule has 1 rings (SSSR count). The molecule has 0 atom stereocenters. The van der Waals surface area contributed by atoms with E-state index in [0.29, 0.717) is 0 Å². The number of nitrogens with one attached hydrogen (secondary N) is 1. The van der Waals surface area contributed by atoms with E-state index in [1.807, 2.05) is 0 Å². The van der Waals surface area contributed by atoms with Gasteiger partial charge in [0, 0.05) is 13.1 Å². The highest BCUT2D eigenvalue weighted by Crippen LogP contribution is 2.05. The van der Waals surface area contributed by atoms with Crippen molar-refractivity contribution < 1.29 is 0 Å². The quantitative estimate of drug-likeness (QED) is 0.670.